The molecule has 4 rings (SSSR count). The summed E-state index contributed by atoms with van der Waals surface area (Å²) in [4.78, 5) is 26.4. The van der Waals surface area contributed by atoms with Gasteiger partial charge in [0, 0.05) is 18.9 Å². The van der Waals surface area contributed by atoms with Crippen molar-refractivity contribution in [2.75, 3.05) is 18.5 Å². The summed E-state index contributed by atoms with van der Waals surface area (Å²) < 4.78 is 7.37. The van der Waals surface area contributed by atoms with E-state index in [9.17, 15) is 9.59 Å². The molecule has 0 bridgehead atoms. The van der Waals surface area contributed by atoms with Gasteiger partial charge in [0.15, 0.2) is 12.4 Å². The fourth-order valence-electron chi connectivity index (χ4n) is 3.36. The van der Waals surface area contributed by atoms with Gasteiger partial charge in [-0.1, -0.05) is 6.07 Å². The average molecular weight is 326 g/mol. The Bertz CT molecular complexity index is 772. The van der Waals surface area contributed by atoms with Crippen molar-refractivity contribution in [3.05, 3.63) is 42.2 Å². The lowest BCUT2D eigenvalue weighted by atomic mass is 10.1. The monoisotopic (exact) mass is 326 g/mol. The molecule has 1 N–H and O–H groups in total. The molecule has 1 fully saturated rings. The van der Waals surface area contributed by atoms with Crippen LogP contribution in [0.3, 0.4) is 0 Å². The third kappa shape index (κ3) is 2.62. The van der Waals surface area contributed by atoms with Crippen LogP contribution in [0.1, 0.15) is 23.2 Å². The van der Waals surface area contributed by atoms with Gasteiger partial charge in [0.2, 0.25) is 0 Å². The van der Waals surface area contributed by atoms with Crippen molar-refractivity contribution < 1.29 is 14.3 Å². The van der Waals surface area contributed by atoms with E-state index in [2.05, 4.69) is 10.4 Å². The molecule has 0 saturated carbocycles. The zero-order chi connectivity index (χ0) is 16.5. The quantitative estimate of drug-likeness (QED) is 0.928. The SMILES string of the molecule is O=C1COc2c(cccc2C(=O)N2CCCC2Cn2cccn2)N1. The Hall–Kier alpha value is -2.83. The highest BCUT2D eigenvalue weighted by atomic mass is 16.5. The van der Waals surface area contributed by atoms with Gasteiger partial charge in [-0.25, -0.2) is 0 Å². The summed E-state index contributed by atoms with van der Waals surface area (Å²) in [5.74, 6) is 0.203. The van der Waals surface area contributed by atoms with Crippen LogP contribution in [0.15, 0.2) is 36.7 Å². The van der Waals surface area contributed by atoms with Crippen LogP contribution in [0.4, 0.5) is 5.69 Å². The van der Waals surface area contributed by atoms with Crippen molar-refractivity contribution in [3.8, 4) is 5.75 Å². The van der Waals surface area contributed by atoms with Crippen molar-refractivity contribution in [2.45, 2.75) is 25.4 Å². The van der Waals surface area contributed by atoms with Crippen molar-refractivity contribution in [3.63, 3.8) is 0 Å². The van der Waals surface area contributed by atoms with E-state index >= 15 is 0 Å². The number of nitrogens with zero attached hydrogens (tertiary/aromatic N) is 3. The summed E-state index contributed by atoms with van der Waals surface area (Å²) in [6.07, 6.45) is 5.58. The average Bonchev–Trinajstić information content (AvgIpc) is 3.25. The lowest BCUT2D eigenvalue weighted by Gasteiger charge is -2.27. The fourth-order valence-corrected chi connectivity index (χ4v) is 3.36. The second kappa shape index (κ2) is 5.99. The van der Waals surface area contributed by atoms with Gasteiger partial charge in [0.25, 0.3) is 11.8 Å². The molecule has 0 radical (unpaired) electrons. The maximum absolute atomic E-state index is 13.0. The summed E-state index contributed by atoms with van der Waals surface area (Å²) in [5.41, 5.74) is 1.06. The van der Waals surface area contributed by atoms with E-state index in [1.807, 2.05) is 21.8 Å². The first-order valence-electron chi connectivity index (χ1n) is 8.06. The summed E-state index contributed by atoms with van der Waals surface area (Å²) in [7, 11) is 0. The van der Waals surface area contributed by atoms with Gasteiger partial charge in [-0.3, -0.25) is 14.3 Å². The molecule has 1 unspecified atom stereocenters. The Balaban J connectivity index is 1.59. The summed E-state index contributed by atoms with van der Waals surface area (Å²) in [6, 6.07) is 7.26. The van der Waals surface area contributed by atoms with E-state index in [-0.39, 0.29) is 24.5 Å². The highest BCUT2D eigenvalue weighted by Gasteiger charge is 2.32. The topological polar surface area (TPSA) is 76.5 Å². The van der Waals surface area contributed by atoms with Crippen LogP contribution in [0.25, 0.3) is 0 Å². The van der Waals surface area contributed by atoms with E-state index < -0.39 is 0 Å². The zero-order valence-electron chi connectivity index (χ0n) is 13.1. The number of likely N-dealkylation sites (tertiary alicyclic amines) is 1. The normalized spacial score (nSPS) is 19.6. The van der Waals surface area contributed by atoms with Crippen LogP contribution < -0.4 is 10.1 Å². The molecule has 24 heavy (non-hydrogen) atoms. The van der Waals surface area contributed by atoms with Gasteiger partial charge in [-0.05, 0) is 31.0 Å². The maximum atomic E-state index is 13.0. The number of hydrogen-bond donors (Lipinski definition) is 1. The molecule has 1 saturated heterocycles. The second-order valence-corrected chi connectivity index (χ2v) is 6.04. The van der Waals surface area contributed by atoms with Gasteiger partial charge in [0.05, 0.1) is 23.8 Å². The van der Waals surface area contributed by atoms with Gasteiger partial charge < -0.3 is 15.0 Å². The van der Waals surface area contributed by atoms with Crippen molar-refractivity contribution in [1.82, 2.24) is 14.7 Å². The molecule has 2 aliphatic heterocycles. The predicted molar refractivity (Wildman–Crippen MR) is 86.9 cm³/mol. The molecule has 2 amide bonds. The molecule has 2 aliphatic rings. The van der Waals surface area contributed by atoms with Gasteiger partial charge in [-0.2, -0.15) is 5.10 Å². The van der Waals surface area contributed by atoms with Crippen LogP contribution in [0.2, 0.25) is 0 Å². The van der Waals surface area contributed by atoms with Gasteiger partial charge in [0.1, 0.15) is 0 Å². The number of anilines is 1. The minimum Gasteiger partial charge on any atom is -0.481 e. The van der Waals surface area contributed by atoms with Crippen LogP contribution >= 0.6 is 0 Å². The Morgan fingerprint density at radius 3 is 3.12 bits per heavy atom. The number of carbonyl (C=O) groups is 2. The van der Waals surface area contributed by atoms with Crippen molar-refractivity contribution >= 4 is 17.5 Å². The Morgan fingerprint density at radius 1 is 1.38 bits per heavy atom. The van der Waals surface area contributed by atoms with Crippen LogP contribution in [0, 0.1) is 0 Å². The number of benzene rings is 1. The molecule has 1 atom stereocenters. The first kappa shape index (κ1) is 14.7. The number of aromatic nitrogens is 2. The molecule has 1 aromatic carbocycles. The number of ether oxygens (including phenoxy) is 1. The molecule has 7 heteroatoms. The standard InChI is InChI=1S/C17H18N4O3/c22-15-11-24-16-13(5-1-6-14(16)19-15)17(23)21-9-2-4-12(21)10-20-8-3-7-18-20/h1,3,5-8,12H,2,4,9-11H2,(H,19,22). The summed E-state index contributed by atoms with van der Waals surface area (Å²) >= 11 is 0. The Kier molecular flexibility index (Phi) is 3.68. The number of carbonyl (C=O) groups excluding carboxylic acids is 2. The Labute approximate surface area is 139 Å². The molecular weight excluding hydrogens is 308 g/mol. The molecule has 1 aromatic heterocycles. The fraction of sp³-hybridized carbons (Fsp3) is 0.353. The number of amides is 2. The van der Waals surface area contributed by atoms with Crippen LogP contribution in [-0.2, 0) is 11.3 Å². The first-order valence-corrected chi connectivity index (χ1v) is 8.06. The third-order valence-electron chi connectivity index (χ3n) is 4.46. The highest BCUT2D eigenvalue weighted by molar-refractivity contribution is 6.03. The predicted octanol–water partition coefficient (Wildman–Crippen LogP) is 1.52. The third-order valence-corrected chi connectivity index (χ3v) is 4.46. The van der Waals surface area contributed by atoms with E-state index in [1.54, 1.807) is 24.4 Å². The van der Waals surface area contributed by atoms with Crippen molar-refractivity contribution in [1.29, 1.82) is 0 Å². The van der Waals surface area contributed by atoms with E-state index in [0.29, 0.717) is 23.5 Å². The van der Waals surface area contributed by atoms with Gasteiger partial charge >= 0.3 is 0 Å². The highest BCUT2D eigenvalue weighted by Crippen LogP contribution is 2.33. The van der Waals surface area contributed by atoms with Crippen LogP contribution in [-0.4, -0.2) is 45.7 Å². The van der Waals surface area contributed by atoms with Crippen molar-refractivity contribution in [2.24, 2.45) is 0 Å². The summed E-state index contributed by atoms with van der Waals surface area (Å²) in [5, 5.41) is 6.98. The van der Waals surface area contributed by atoms with E-state index in [0.717, 1.165) is 19.4 Å². The number of nitrogens with one attached hydrogen (secondary N) is 1. The number of para-hydroxylation sites is 1. The molecule has 7 nitrogen and oxygen atoms in total. The number of fused-ring (bicyclic) bond motifs is 1. The Morgan fingerprint density at radius 2 is 2.29 bits per heavy atom. The number of hydrogen-bond acceptors (Lipinski definition) is 4. The molecule has 0 aliphatic carbocycles. The smallest absolute Gasteiger partial charge is 0.262 e. The number of rotatable bonds is 3. The lowest BCUT2D eigenvalue weighted by Crippen LogP contribution is -2.39. The molecule has 124 valence electrons. The van der Waals surface area contributed by atoms with Crippen LogP contribution in [0.5, 0.6) is 5.75 Å². The molecule has 3 heterocycles. The second-order valence-electron chi connectivity index (χ2n) is 6.04. The lowest BCUT2D eigenvalue weighted by molar-refractivity contribution is -0.118. The van der Waals surface area contributed by atoms with E-state index in [1.165, 1.54) is 0 Å². The largest absolute Gasteiger partial charge is 0.481 e. The molecular formula is C17H18N4O3. The van der Waals surface area contributed by atoms with E-state index in [4.69, 9.17) is 4.74 Å². The molecule has 0 spiro atoms. The minimum atomic E-state index is -0.204. The first-order chi connectivity index (χ1) is 11.7. The minimum absolute atomic E-state index is 0.0577. The maximum Gasteiger partial charge on any atom is 0.262 e. The zero-order valence-corrected chi connectivity index (χ0v) is 13.1. The summed E-state index contributed by atoms with van der Waals surface area (Å²) in [6.45, 7) is 1.35. The van der Waals surface area contributed by atoms with Gasteiger partial charge in [-0.15, -0.1) is 0 Å². The molecule has 2 aromatic rings.